The SMILES string of the molecule is C=C(CO)C(=O)OCOc1cc(OCOC(=O)C(=C)CO)cc(-c2ccc(-c3ccc(CCCCCC)c(F)c3)c(CC)c2)c1. The molecule has 0 saturated carbocycles. The first-order valence-corrected chi connectivity index (χ1v) is 14.9. The summed E-state index contributed by atoms with van der Waals surface area (Å²) in [5, 5.41) is 18.1. The average molecular weight is 621 g/mol. The van der Waals surface area contributed by atoms with Crippen LogP contribution in [0, 0.1) is 5.82 Å². The van der Waals surface area contributed by atoms with E-state index in [1.807, 2.05) is 37.3 Å². The Morgan fingerprint density at radius 1 is 0.711 bits per heavy atom. The Balaban J connectivity index is 1.87. The van der Waals surface area contributed by atoms with E-state index < -0.39 is 38.7 Å². The Morgan fingerprint density at radius 3 is 1.84 bits per heavy atom. The standard InChI is InChI=1S/C36H41FO8/c1-5-7-8-9-10-27-11-12-29(18-34(27)37)33-14-13-28(15-26(33)6-2)30-16-31(42-22-44-35(40)24(3)20-38)19-32(17-30)43-23-45-36(41)25(4)21-39/h11-19,38-39H,3-10,20-23H2,1-2H3. The Labute approximate surface area is 263 Å². The Bertz CT molecular complexity index is 1440. The van der Waals surface area contributed by atoms with Gasteiger partial charge in [-0.3, -0.25) is 0 Å². The summed E-state index contributed by atoms with van der Waals surface area (Å²) in [6.07, 6.45) is 5.76. The van der Waals surface area contributed by atoms with E-state index >= 15 is 4.39 Å². The van der Waals surface area contributed by atoms with Gasteiger partial charge in [-0.25, -0.2) is 14.0 Å². The van der Waals surface area contributed by atoms with Gasteiger partial charge in [0.15, 0.2) is 0 Å². The second-order valence-corrected chi connectivity index (χ2v) is 10.4. The van der Waals surface area contributed by atoms with Gasteiger partial charge < -0.3 is 29.2 Å². The molecule has 0 aliphatic heterocycles. The average Bonchev–Trinajstić information content (AvgIpc) is 3.05. The van der Waals surface area contributed by atoms with E-state index in [9.17, 15) is 9.59 Å². The molecule has 0 amide bonds. The number of carbonyl (C=O) groups is 2. The highest BCUT2D eigenvalue weighted by Gasteiger charge is 2.14. The molecule has 240 valence electrons. The monoisotopic (exact) mass is 620 g/mol. The number of ether oxygens (including phenoxy) is 4. The van der Waals surface area contributed by atoms with Crippen LogP contribution in [-0.4, -0.2) is 49.0 Å². The van der Waals surface area contributed by atoms with Crippen molar-refractivity contribution in [3.8, 4) is 33.8 Å². The number of benzene rings is 3. The summed E-state index contributed by atoms with van der Waals surface area (Å²) in [5.74, 6) is -1.23. The van der Waals surface area contributed by atoms with Gasteiger partial charge in [0, 0.05) is 6.07 Å². The predicted molar refractivity (Wildman–Crippen MR) is 170 cm³/mol. The number of aliphatic hydroxyl groups is 2. The van der Waals surface area contributed by atoms with E-state index in [4.69, 9.17) is 29.2 Å². The second-order valence-electron chi connectivity index (χ2n) is 10.4. The number of aryl methyl sites for hydroxylation is 2. The topological polar surface area (TPSA) is 112 Å². The van der Waals surface area contributed by atoms with Crippen molar-refractivity contribution in [3.63, 3.8) is 0 Å². The third-order valence-corrected chi connectivity index (χ3v) is 7.15. The molecule has 0 aromatic heterocycles. The third-order valence-electron chi connectivity index (χ3n) is 7.15. The van der Waals surface area contributed by atoms with Crippen LogP contribution in [0.25, 0.3) is 22.3 Å². The number of halogens is 1. The van der Waals surface area contributed by atoms with Crippen molar-refractivity contribution in [2.75, 3.05) is 26.8 Å². The summed E-state index contributed by atoms with van der Waals surface area (Å²) in [4.78, 5) is 23.7. The van der Waals surface area contributed by atoms with Crippen LogP contribution < -0.4 is 9.47 Å². The maximum absolute atomic E-state index is 15.0. The van der Waals surface area contributed by atoms with E-state index in [1.54, 1.807) is 18.2 Å². The Morgan fingerprint density at radius 2 is 1.31 bits per heavy atom. The van der Waals surface area contributed by atoms with Crippen molar-refractivity contribution in [1.82, 2.24) is 0 Å². The molecule has 0 fully saturated rings. The number of esters is 2. The molecule has 8 nitrogen and oxygen atoms in total. The number of carbonyl (C=O) groups excluding carboxylic acids is 2. The number of hydrogen-bond donors (Lipinski definition) is 2. The van der Waals surface area contributed by atoms with E-state index in [2.05, 4.69) is 20.1 Å². The van der Waals surface area contributed by atoms with Crippen LogP contribution in [0.15, 0.2) is 78.9 Å². The summed E-state index contributed by atoms with van der Waals surface area (Å²) in [7, 11) is 0. The van der Waals surface area contributed by atoms with Crippen LogP contribution in [-0.2, 0) is 31.9 Å². The minimum absolute atomic E-state index is 0.115. The molecule has 0 saturated heterocycles. The highest BCUT2D eigenvalue weighted by atomic mass is 19.1. The van der Waals surface area contributed by atoms with Gasteiger partial charge in [0.2, 0.25) is 13.6 Å². The molecule has 0 heterocycles. The van der Waals surface area contributed by atoms with E-state index in [1.165, 1.54) is 6.07 Å². The summed E-state index contributed by atoms with van der Waals surface area (Å²) in [6, 6.07) is 16.3. The number of hydrogen-bond acceptors (Lipinski definition) is 8. The van der Waals surface area contributed by atoms with E-state index in [-0.39, 0.29) is 28.5 Å². The normalized spacial score (nSPS) is 10.7. The van der Waals surface area contributed by atoms with Gasteiger partial charge in [-0.15, -0.1) is 0 Å². The first kappa shape index (κ1) is 35.0. The van der Waals surface area contributed by atoms with Crippen molar-refractivity contribution in [2.24, 2.45) is 0 Å². The van der Waals surface area contributed by atoms with Crippen molar-refractivity contribution in [2.45, 2.75) is 52.4 Å². The molecule has 9 heteroatoms. The van der Waals surface area contributed by atoms with Gasteiger partial charge in [-0.1, -0.05) is 76.6 Å². The fourth-order valence-electron chi connectivity index (χ4n) is 4.55. The fraction of sp³-hybridized carbons (Fsp3) is 0.333. The number of unbranched alkanes of at least 4 members (excludes halogenated alkanes) is 3. The van der Waals surface area contributed by atoms with Crippen LogP contribution in [0.3, 0.4) is 0 Å². The highest BCUT2D eigenvalue weighted by Crippen LogP contribution is 2.34. The molecule has 3 aromatic carbocycles. The van der Waals surface area contributed by atoms with E-state index in [0.29, 0.717) is 12.0 Å². The second kappa shape index (κ2) is 17.7. The molecule has 3 rings (SSSR count). The van der Waals surface area contributed by atoms with E-state index in [0.717, 1.165) is 59.9 Å². The molecule has 2 N–H and O–H groups in total. The van der Waals surface area contributed by atoms with Gasteiger partial charge in [0.1, 0.15) is 17.3 Å². The first-order chi connectivity index (χ1) is 21.7. The molecule has 0 unspecified atom stereocenters. The van der Waals surface area contributed by atoms with Gasteiger partial charge in [0.05, 0.1) is 24.4 Å². The van der Waals surface area contributed by atoms with Gasteiger partial charge in [-0.05, 0) is 70.8 Å². The summed E-state index contributed by atoms with van der Waals surface area (Å²) in [5.41, 5.74) is 4.73. The summed E-state index contributed by atoms with van der Waals surface area (Å²) >= 11 is 0. The molecule has 45 heavy (non-hydrogen) atoms. The molecule has 0 aliphatic carbocycles. The molecule has 0 atom stereocenters. The lowest BCUT2D eigenvalue weighted by Crippen LogP contribution is -2.14. The highest BCUT2D eigenvalue weighted by molar-refractivity contribution is 5.88. The lowest BCUT2D eigenvalue weighted by molar-refractivity contribution is -0.146. The van der Waals surface area contributed by atoms with Crippen LogP contribution in [0.5, 0.6) is 11.5 Å². The van der Waals surface area contributed by atoms with Gasteiger partial charge >= 0.3 is 11.9 Å². The van der Waals surface area contributed by atoms with Crippen LogP contribution >= 0.6 is 0 Å². The lowest BCUT2D eigenvalue weighted by Gasteiger charge is -2.15. The first-order valence-electron chi connectivity index (χ1n) is 14.9. The van der Waals surface area contributed by atoms with Crippen molar-refractivity contribution >= 4 is 11.9 Å². The third kappa shape index (κ3) is 10.3. The molecule has 0 bridgehead atoms. The Kier molecular flexibility index (Phi) is 13.8. The zero-order chi connectivity index (χ0) is 32.8. The van der Waals surface area contributed by atoms with Crippen LogP contribution in [0.4, 0.5) is 4.39 Å². The van der Waals surface area contributed by atoms with Crippen LogP contribution in [0.2, 0.25) is 0 Å². The molecule has 0 radical (unpaired) electrons. The predicted octanol–water partition coefficient (Wildman–Crippen LogP) is 6.70. The zero-order valence-electron chi connectivity index (χ0n) is 25.9. The minimum atomic E-state index is -0.801. The number of rotatable bonds is 18. The fourth-order valence-corrected chi connectivity index (χ4v) is 4.55. The zero-order valence-corrected chi connectivity index (χ0v) is 25.9. The molecule has 0 spiro atoms. The van der Waals surface area contributed by atoms with Crippen molar-refractivity contribution in [1.29, 1.82) is 0 Å². The summed E-state index contributed by atoms with van der Waals surface area (Å²) < 4.78 is 36.3. The maximum Gasteiger partial charge on any atom is 0.338 e. The minimum Gasteiger partial charge on any atom is -0.457 e. The number of aliphatic hydroxyl groups excluding tert-OH is 2. The smallest absolute Gasteiger partial charge is 0.338 e. The van der Waals surface area contributed by atoms with Crippen LogP contribution in [0.1, 0.15) is 50.7 Å². The van der Waals surface area contributed by atoms with Crippen molar-refractivity contribution in [3.05, 3.63) is 95.8 Å². The summed E-state index contributed by atoms with van der Waals surface area (Å²) in [6.45, 7) is 9.03. The molecule has 3 aromatic rings. The molecule has 0 aliphatic rings. The molecular formula is C36H41FO8. The maximum atomic E-state index is 15.0. The lowest BCUT2D eigenvalue weighted by atomic mass is 9.92. The Hall–Kier alpha value is -4.47. The quantitative estimate of drug-likeness (QED) is 0.0700. The van der Waals surface area contributed by atoms with Gasteiger partial charge in [0.25, 0.3) is 0 Å². The van der Waals surface area contributed by atoms with Gasteiger partial charge in [-0.2, -0.15) is 0 Å². The molecular weight excluding hydrogens is 579 g/mol. The largest absolute Gasteiger partial charge is 0.457 e. The van der Waals surface area contributed by atoms with Crippen molar-refractivity contribution < 1.29 is 43.1 Å².